The van der Waals surface area contributed by atoms with Crippen LogP contribution in [-0.4, -0.2) is 31.2 Å². The van der Waals surface area contributed by atoms with E-state index in [0.717, 1.165) is 0 Å². The van der Waals surface area contributed by atoms with Gasteiger partial charge in [0.25, 0.3) is 5.91 Å². The van der Waals surface area contributed by atoms with E-state index in [1.165, 1.54) is 0 Å². The molecule has 0 bridgehead atoms. The Bertz CT molecular complexity index is 517. The third kappa shape index (κ3) is 2.65. The average Bonchev–Trinajstić information content (AvgIpc) is 2.94. The van der Waals surface area contributed by atoms with Crippen LogP contribution in [0.2, 0.25) is 0 Å². The minimum absolute atomic E-state index is 0.113. The fraction of sp³-hybridized carbons (Fsp3) is 0.444. The number of aryl methyl sites for hydroxylation is 2. The third-order valence-corrected chi connectivity index (χ3v) is 2.05. The Morgan fingerprint density at radius 2 is 2.29 bits per heavy atom. The van der Waals surface area contributed by atoms with Crippen LogP contribution in [0.15, 0.2) is 4.52 Å². The molecule has 0 aromatic carbocycles. The molecule has 8 heteroatoms. The van der Waals surface area contributed by atoms with E-state index in [9.17, 15) is 4.79 Å². The normalized spacial score (nSPS) is 10.5. The summed E-state index contributed by atoms with van der Waals surface area (Å²) in [6, 6.07) is 0. The molecule has 0 saturated heterocycles. The second-order valence-corrected chi connectivity index (χ2v) is 3.37. The zero-order valence-corrected chi connectivity index (χ0v) is 9.52. The molecule has 2 N–H and O–H groups in total. The monoisotopic (exact) mass is 236 g/mol. The number of amides is 1. The molecule has 0 radical (unpaired) electrons. The highest BCUT2D eigenvalue weighted by Gasteiger charge is 2.12. The number of rotatable bonds is 4. The van der Waals surface area contributed by atoms with Gasteiger partial charge in [0, 0.05) is 13.3 Å². The molecular weight excluding hydrogens is 224 g/mol. The van der Waals surface area contributed by atoms with Crippen LogP contribution in [0.4, 0.5) is 0 Å². The molecule has 8 nitrogen and oxygen atoms in total. The maximum Gasteiger partial charge on any atom is 0.291 e. The Hall–Kier alpha value is -2.25. The fourth-order valence-electron chi connectivity index (χ4n) is 1.21. The number of carbonyl (C=O) groups excluding carboxylic acids is 1. The molecule has 17 heavy (non-hydrogen) atoms. The van der Waals surface area contributed by atoms with E-state index in [4.69, 9.17) is 4.52 Å². The van der Waals surface area contributed by atoms with Gasteiger partial charge < -0.3 is 9.84 Å². The quantitative estimate of drug-likeness (QED) is 0.772. The van der Waals surface area contributed by atoms with Gasteiger partial charge in [-0.05, 0) is 0 Å². The van der Waals surface area contributed by atoms with Crippen LogP contribution in [0, 0.1) is 6.92 Å². The maximum atomic E-state index is 11.6. The average molecular weight is 236 g/mol. The molecule has 1 amide bonds. The number of aromatic nitrogens is 5. The lowest BCUT2D eigenvalue weighted by Gasteiger charge is -1.96. The standard InChI is InChI=1S/C9H12N6O2/c1-3-6-12-8(14-13-6)9(16)10-4-7-11-5(2)17-15-7/h3-4H2,1-2H3,(H,10,16)(H,12,13,14). The van der Waals surface area contributed by atoms with Gasteiger partial charge in [-0.2, -0.15) is 4.98 Å². The second-order valence-electron chi connectivity index (χ2n) is 3.37. The van der Waals surface area contributed by atoms with E-state index < -0.39 is 0 Å². The molecule has 0 aliphatic heterocycles. The Morgan fingerprint density at radius 1 is 1.47 bits per heavy atom. The number of H-pyrrole nitrogens is 1. The van der Waals surface area contributed by atoms with Crippen LogP contribution in [0.3, 0.4) is 0 Å². The smallest absolute Gasteiger partial charge is 0.291 e. The lowest BCUT2D eigenvalue weighted by molar-refractivity contribution is 0.0939. The number of nitrogens with one attached hydrogen (secondary N) is 2. The fourth-order valence-corrected chi connectivity index (χ4v) is 1.21. The number of hydrogen-bond acceptors (Lipinski definition) is 6. The van der Waals surface area contributed by atoms with Gasteiger partial charge in [0.1, 0.15) is 5.82 Å². The summed E-state index contributed by atoms with van der Waals surface area (Å²) in [6.45, 7) is 3.79. The van der Waals surface area contributed by atoms with Gasteiger partial charge in [-0.25, -0.2) is 4.98 Å². The van der Waals surface area contributed by atoms with Crippen LogP contribution in [0.25, 0.3) is 0 Å². The summed E-state index contributed by atoms with van der Waals surface area (Å²) in [6.07, 6.45) is 0.699. The van der Waals surface area contributed by atoms with Gasteiger partial charge >= 0.3 is 0 Å². The lowest BCUT2D eigenvalue weighted by atomic mass is 10.4. The zero-order valence-electron chi connectivity index (χ0n) is 9.52. The van der Waals surface area contributed by atoms with Crippen molar-refractivity contribution >= 4 is 5.91 Å². The van der Waals surface area contributed by atoms with Crippen molar-refractivity contribution in [3.8, 4) is 0 Å². The molecule has 0 aliphatic carbocycles. The predicted molar refractivity (Wildman–Crippen MR) is 56.0 cm³/mol. The molecule has 2 aromatic heterocycles. The van der Waals surface area contributed by atoms with Gasteiger partial charge in [-0.15, -0.1) is 5.10 Å². The van der Waals surface area contributed by atoms with Crippen LogP contribution in [-0.2, 0) is 13.0 Å². The van der Waals surface area contributed by atoms with Gasteiger partial charge in [0.2, 0.25) is 11.7 Å². The van der Waals surface area contributed by atoms with Crippen LogP contribution < -0.4 is 5.32 Å². The molecule has 0 saturated carbocycles. The van der Waals surface area contributed by atoms with Crippen LogP contribution >= 0.6 is 0 Å². The first-order valence-electron chi connectivity index (χ1n) is 5.17. The summed E-state index contributed by atoms with van der Waals surface area (Å²) in [7, 11) is 0. The molecule has 0 atom stereocenters. The van der Waals surface area contributed by atoms with Gasteiger partial charge in [-0.3, -0.25) is 9.89 Å². The highest BCUT2D eigenvalue weighted by molar-refractivity contribution is 5.90. The van der Waals surface area contributed by atoms with Gasteiger partial charge in [0.05, 0.1) is 6.54 Å². The topological polar surface area (TPSA) is 110 Å². The van der Waals surface area contributed by atoms with Crippen LogP contribution in [0.1, 0.15) is 35.1 Å². The van der Waals surface area contributed by atoms with E-state index in [0.29, 0.717) is 24.0 Å². The summed E-state index contributed by atoms with van der Waals surface area (Å²) in [5.41, 5.74) is 0. The van der Waals surface area contributed by atoms with Crippen molar-refractivity contribution in [1.29, 1.82) is 0 Å². The SMILES string of the molecule is CCc1nc(C(=O)NCc2noc(C)n2)n[nH]1. The van der Waals surface area contributed by atoms with E-state index in [1.807, 2.05) is 6.92 Å². The summed E-state index contributed by atoms with van der Waals surface area (Å²) in [4.78, 5) is 19.6. The molecule has 90 valence electrons. The van der Waals surface area contributed by atoms with Crippen molar-refractivity contribution in [1.82, 2.24) is 30.6 Å². The Morgan fingerprint density at radius 3 is 2.88 bits per heavy atom. The highest BCUT2D eigenvalue weighted by Crippen LogP contribution is 1.96. The number of nitrogens with zero attached hydrogens (tertiary/aromatic N) is 4. The minimum atomic E-state index is -0.372. The van der Waals surface area contributed by atoms with E-state index in [1.54, 1.807) is 6.92 Å². The molecule has 0 unspecified atom stereocenters. The first-order chi connectivity index (χ1) is 8.19. The van der Waals surface area contributed by atoms with E-state index >= 15 is 0 Å². The van der Waals surface area contributed by atoms with Crippen molar-refractivity contribution < 1.29 is 9.32 Å². The van der Waals surface area contributed by atoms with Gasteiger partial charge in [0.15, 0.2) is 5.82 Å². The van der Waals surface area contributed by atoms with Crippen molar-refractivity contribution in [2.24, 2.45) is 0 Å². The summed E-state index contributed by atoms with van der Waals surface area (Å²) >= 11 is 0. The van der Waals surface area contributed by atoms with Crippen molar-refractivity contribution in [3.05, 3.63) is 23.4 Å². The molecule has 2 aromatic rings. The largest absolute Gasteiger partial charge is 0.342 e. The molecule has 2 heterocycles. The summed E-state index contributed by atoms with van der Waals surface area (Å²) < 4.78 is 4.77. The summed E-state index contributed by atoms with van der Waals surface area (Å²) in [5.74, 6) is 1.29. The minimum Gasteiger partial charge on any atom is -0.342 e. The zero-order chi connectivity index (χ0) is 12.3. The third-order valence-electron chi connectivity index (χ3n) is 2.05. The Balaban J connectivity index is 1.93. The Labute approximate surface area is 96.8 Å². The predicted octanol–water partition coefficient (Wildman–Crippen LogP) is -0.0115. The van der Waals surface area contributed by atoms with E-state index in [2.05, 4.69) is 30.6 Å². The van der Waals surface area contributed by atoms with E-state index in [-0.39, 0.29) is 18.3 Å². The van der Waals surface area contributed by atoms with Crippen molar-refractivity contribution in [2.75, 3.05) is 0 Å². The number of hydrogen-bond donors (Lipinski definition) is 2. The molecule has 0 aliphatic rings. The highest BCUT2D eigenvalue weighted by atomic mass is 16.5. The maximum absolute atomic E-state index is 11.6. The molecule has 2 rings (SSSR count). The Kier molecular flexibility index (Phi) is 3.12. The number of aromatic amines is 1. The first kappa shape index (κ1) is 11.2. The van der Waals surface area contributed by atoms with Crippen LogP contribution in [0.5, 0.6) is 0 Å². The number of carbonyl (C=O) groups is 1. The summed E-state index contributed by atoms with van der Waals surface area (Å²) in [5, 5.41) is 12.7. The molecule has 0 spiro atoms. The molecular formula is C9H12N6O2. The van der Waals surface area contributed by atoms with Crippen molar-refractivity contribution in [3.63, 3.8) is 0 Å². The molecule has 0 fully saturated rings. The second kappa shape index (κ2) is 4.73. The van der Waals surface area contributed by atoms with Crippen molar-refractivity contribution in [2.45, 2.75) is 26.8 Å². The van der Waals surface area contributed by atoms with Gasteiger partial charge in [-0.1, -0.05) is 12.1 Å². The lowest BCUT2D eigenvalue weighted by Crippen LogP contribution is -2.24. The first-order valence-corrected chi connectivity index (χ1v) is 5.17.